The zero-order valence-corrected chi connectivity index (χ0v) is 14.1. The molecule has 0 amide bonds. The molecule has 0 saturated carbocycles. The highest BCUT2D eigenvalue weighted by molar-refractivity contribution is 5.24. The quantitative estimate of drug-likeness (QED) is 0.844. The molecule has 0 spiro atoms. The largest absolute Gasteiger partial charge is 0.389 e. The molecular formula is C18H22F2N4O. The monoisotopic (exact) mass is 348 g/mol. The molecule has 3 unspecified atom stereocenters. The van der Waals surface area contributed by atoms with Gasteiger partial charge in [0.05, 0.1) is 6.10 Å². The maximum Gasteiger partial charge on any atom is 0.137 e. The lowest BCUT2D eigenvalue weighted by atomic mass is 9.94. The molecule has 25 heavy (non-hydrogen) atoms. The van der Waals surface area contributed by atoms with Crippen LogP contribution in [0, 0.1) is 11.6 Å². The van der Waals surface area contributed by atoms with E-state index in [4.69, 9.17) is 0 Å². The van der Waals surface area contributed by atoms with Crippen LogP contribution >= 0.6 is 0 Å². The summed E-state index contributed by atoms with van der Waals surface area (Å²) in [6.45, 7) is 7.50. The van der Waals surface area contributed by atoms with Gasteiger partial charge in [-0.25, -0.2) is 18.4 Å². The van der Waals surface area contributed by atoms with E-state index in [1.165, 1.54) is 35.0 Å². The van der Waals surface area contributed by atoms with Crippen molar-refractivity contribution in [2.24, 2.45) is 0 Å². The van der Waals surface area contributed by atoms with E-state index in [-0.39, 0.29) is 11.6 Å². The summed E-state index contributed by atoms with van der Waals surface area (Å²) in [6.07, 6.45) is 3.59. The van der Waals surface area contributed by atoms with E-state index in [9.17, 15) is 13.9 Å². The number of aliphatic hydroxyl groups is 1. The summed E-state index contributed by atoms with van der Waals surface area (Å²) in [5.41, 5.74) is 1.39. The van der Waals surface area contributed by atoms with Crippen LogP contribution in [0.5, 0.6) is 0 Å². The van der Waals surface area contributed by atoms with Crippen LogP contribution in [-0.4, -0.2) is 50.0 Å². The van der Waals surface area contributed by atoms with Gasteiger partial charge in [-0.05, 0) is 25.8 Å². The number of nitrogens with zero attached hydrogens (tertiary/aromatic N) is 4. The Morgan fingerprint density at radius 2 is 1.96 bits per heavy atom. The average molecular weight is 348 g/mol. The minimum atomic E-state index is -0.937. The van der Waals surface area contributed by atoms with Crippen molar-refractivity contribution in [1.29, 1.82) is 0 Å². The summed E-state index contributed by atoms with van der Waals surface area (Å²) < 4.78 is 29.1. The molecule has 1 fully saturated rings. The van der Waals surface area contributed by atoms with E-state index < -0.39 is 23.8 Å². The van der Waals surface area contributed by atoms with Crippen molar-refractivity contribution in [3.8, 4) is 0 Å². The van der Waals surface area contributed by atoms with Crippen LogP contribution in [0.15, 0.2) is 43.0 Å². The van der Waals surface area contributed by atoms with Crippen molar-refractivity contribution in [3.05, 3.63) is 60.2 Å². The molecule has 1 saturated heterocycles. The van der Waals surface area contributed by atoms with Crippen LogP contribution in [0.25, 0.3) is 0 Å². The Morgan fingerprint density at radius 1 is 1.24 bits per heavy atom. The molecule has 1 aromatic heterocycles. The highest BCUT2D eigenvalue weighted by Crippen LogP contribution is 2.29. The number of aliphatic hydroxyl groups excluding tert-OH is 1. The number of likely N-dealkylation sites (tertiary alicyclic amines) is 1. The maximum atomic E-state index is 14.4. The Kier molecular flexibility index (Phi) is 5.24. The van der Waals surface area contributed by atoms with Crippen LogP contribution < -0.4 is 0 Å². The summed E-state index contributed by atoms with van der Waals surface area (Å²) in [4.78, 5) is 6.06. The van der Waals surface area contributed by atoms with Crippen LogP contribution in [-0.2, 0) is 0 Å². The fraction of sp³-hybridized carbons (Fsp3) is 0.444. The van der Waals surface area contributed by atoms with Gasteiger partial charge in [0.15, 0.2) is 0 Å². The van der Waals surface area contributed by atoms with Crippen molar-refractivity contribution in [3.63, 3.8) is 0 Å². The Balaban J connectivity index is 1.90. The van der Waals surface area contributed by atoms with Crippen molar-refractivity contribution in [2.75, 3.05) is 13.1 Å². The molecule has 0 bridgehead atoms. The zero-order chi connectivity index (χ0) is 18.0. The maximum absolute atomic E-state index is 14.4. The van der Waals surface area contributed by atoms with Gasteiger partial charge in [0.2, 0.25) is 0 Å². The fourth-order valence-corrected chi connectivity index (χ4v) is 3.31. The van der Waals surface area contributed by atoms with Gasteiger partial charge in [0.25, 0.3) is 0 Å². The molecule has 1 aliphatic heterocycles. The number of aromatic nitrogens is 3. The predicted molar refractivity (Wildman–Crippen MR) is 89.9 cm³/mol. The third-order valence-electron chi connectivity index (χ3n) is 4.90. The number of piperidine rings is 1. The topological polar surface area (TPSA) is 54.2 Å². The Bertz CT molecular complexity index is 725. The molecule has 0 aliphatic carbocycles. The standard InChI is InChI=1S/C18H22F2N4O/c1-12-5-7-23(8-6-12)13(2)18(25)17(24-11-21-10-22-24)15-4-3-14(19)9-16(15)20/h3-4,9-11,13,17-18,25H,1,5-8H2,2H3. The smallest absolute Gasteiger partial charge is 0.137 e. The highest BCUT2D eigenvalue weighted by atomic mass is 19.1. The van der Waals surface area contributed by atoms with Gasteiger partial charge in [-0.1, -0.05) is 18.2 Å². The van der Waals surface area contributed by atoms with Gasteiger partial charge in [0.1, 0.15) is 30.3 Å². The fourth-order valence-electron chi connectivity index (χ4n) is 3.31. The van der Waals surface area contributed by atoms with Crippen molar-refractivity contribution < 1.29 is 13.9 Å². The first-order valence-electron chi connectivity index (χ1n) is 8.35. The number of hydrogen-bond donors (Lipinski definition) is 1. The minimum Gasteiger partial charge on any atom is -0.389 e. The summed E-state index contributed by atoms with van der Waals surface area (Å²) in [7, 11) is 0. The second kappa shape index (κ2) is 7.41. The first kappa shape index (κ1) is 17.7. The van der Waals surface area contributed by atoms with Crippen LogP contribution in [0.4, 0.5) is 8.78 Å². The number of hydrogen-bond acceptors (Lipinski definition) is 4. The molecule has 1 aromatic carbocycles. The van der Waals surface area contributed by atoms with Crippen molar-refractivity contribution in [1.82, 2.24) is 19.7 Å². The van der Waals surface area contributed by atoms with Crippen molar-refractivity contribution in [2.45, 2.75) is 38.0 Å². The van der Waals surface area contributed by atoms with E-state index in [0.717, 1.165) is 32.0 Å². The normalized spacial score (nSPS) is 19.6. The zero-order valence-electron chi connectivity index (χ0n) is 14.1. The molecule has 5 nitrogen and oxygen atoms in total. The number of halogens is 2. The van der Waals surface area contributed by atoms with Gasteiger partial charge in [0, 0.05) is 30.8 Å². The summed E-state index contributed by atoms with van der Waals surface area (Å²) in [6, 6.07) is 2.34. The molecule has 2 heterocycles. The minimum absolute atomic E-state index is 0.188. The van der Waals surface area contributed by atoms with Crippen LogP contribution in [0.2, 0.25) is 0 Å². The molecule has 134 valence electrons. The second-order valence-electron chi connectivity index (χ2n) is 6.50. The van der Waals surface area contributed by atoms with E-state index in [0.29, 0.717) is 0 Å². The lowest BCUT2D eigenvalue weighted by Crippen LogP contribution is -2.48. The lowest BCUT2D eigenvalue weighted by molar-refractivity contribution is 0.0250. The highest BCUT2D eigenvalue weighted by Gasteiger charge is 2.34. The summed E-state index contributed by atoms with van der Waals surface area (Å²) >= 11 is 0. The van der Waals surface area contributed by atoms with Crippen LogP contribution in [0.1, 0.15) is 31.4 Å². The van der Waals surface area contributed by atoms with Gasteiger partial charge in [-0.2, -0.15) is 5.10 Å². The SMILES string of the molecule is C=C1CCN(C(C)C(O)C(c2ccc(F)cc2F)n2cncn2)CC1. The molecule has 3 atom stereocenters. The van der Waals surface area contributed by atoms with Crippen molar-refractivity contribution >= 4 is 0 Å². The molecular weight excluding hydrogens is 326 g/mol. The summed E-state index contributed by atoms with van der Waals surface area (Å²) in [5.74, 6) is -1.37. The van der Waals surface area contributed by atoms with Gasteiger partial charge >= 0.3 is 0 Å². The van der Waals surface area contributed by atoms with E-state index in [1.54, 1.807) is 0 Å². The first-order chi connectivity index (χ1) is 12.0. The number of benzene rings is 1. The number of rotatable bonds is 5. The second-order valence-corrected chi connectivity index (χ2v) is 6.50. The van der Waals surface area contributed by atoms with E-state index >= 15 is 0 Å². The molecule has 2 aromatic rings. The van der Waals surface area contributed by atoms with Gasteiger partial charge in [-0.3, -0.25) is 4.90 Å². The van der Waals surface area contributed by atoms with Gasteiger partial charge in [-0.15, -0.1) is 0 Å². The lowest BCUT2D eigenvalue weighted by Gasteiger charge is -2.38. The third-order valence-corrected chi connectivity index (χ3v) is 4.90. The summed E-state index contributed by atoms with van der Waals surface area (Å²) in [5, 5.41) is 15.1. The van der Waals surface area contributed by atoms with Gasteiger partial charge < -0.3 is 5.11 Å². The Morgan fingerprint density at radius 3 is 2.56 bits per heavy atom. The molecule has 1 aliphatic rings. The molecule has 7 heteroatoms. The molecule has 0 radical (unpaired) electrons. The van der Waals surface area contributed by atoms with Crippen LogP contribution in [0.3, 0.4) is 0 Å². The average Bonchev–Trinajstić information content (AvgIpc) is 3.11. The van der Waals surface area contributed by atoms with E-state index in [2.05, 4.69) is 21.6 Å². The molecule has 1 N–H and O–H groups in total. The Labute approximate surface area is 145 Å². The first-order valence-corrected chi connectivity index (χ1v) is 8.35. The Hall–Kier alpha value is -2.12. The third kappa shape index (κ3) is 3.77. The van der Waals surface area contributed by atoms with E-state index in [1.807, 2.05) is 6.92 Å². The molecule has 3 rings (SSSR count). The predicted octanol–water partition coefficient (Wildman–Crippen LogP) is 2.55.